The smallest absolute Gasteiger partial charge is 0.226 e. The Bertz CT molecular complexity index is 704. The van der Waals surface area contributed by atoms with Gasteiger partial charge in [-0.15, -0.1) is 11.8 Å². The number of hydrogen-bond donors (Lipinski definition) is 2. The normalized spacial score (nSPS) is 10.2. The van der Waals surface area contributed by atoms with Crippen LogP contribution in [-0.2, 0) is 17.8 Å². The Morgan fingerprint density at radius 3 is 2.54 bits per heavy atom. The second-order valence-electron chi connectivity index (χ2n) is 5.17. The predicted octanol–water partition coefficient (Wildman–Crippen LogP) is 4.19. The van der Waals surface area contributed by atoms with Crippen molar-refractivity contribution >= 4 is 46.6 Å². The average Bonchev–Trinajstić information content (AvgIpc) is 2.59. The Morgan fingerprint density at radius 1 is 1.17 bits per heavy atom. The Morgan fingerprint density at radius 2 is 1.88 bits per heavy atom. The molecule has 0 unspecified atom stereocenters. The van der Waals surface area contributed by atoms with Crippen LogP contribution < -0.4 is 10.6 Å². The molecule has 0 aliphatic heterocycles. The fourth-order valence-corrected chi connectivity index (χ4v) is 2.93. The first-order chi connectivity index (χ1) is 11.6. The summed E-state index contributed by atoms with van der Waals surface area (Å²) in [5.74, 6) is -0.120. The summed E-state index contributed by atoms with van der Waals surface area (Å²) in [6.07, 6.45) is 2.97. The van der Waals surface area contributed by atoms with Crippen LogP contribution in [0.2, 0.25) is 5.02 Å². The van der Waals surface area contributed by atoms with Crippen LogP contribution in [0.25, 0.3) is 0 Å². The van der Waals surface area contributed by atoms with Gasteiger partial charge in [0.2, 0.25) is 5.91 Å². The third-order valence-corrected chi connectivity index (χ3v) is 4.80. The van der Waals surface area contributed by atoms with Gasteiger partial charge in [-0.1, -0.05) is 41.9 Å². The van der Waals surface area contributed by atoms with Crippen LogP contribution in [0.15, 0.2) is 53.4 Å². The van der Waals surface area contributed by atoms with Gasteiger partial charge in [0, 0.05) is 22.9 Å². The maximum Gasteiger partial charge on any atom is 0.226 e. The number of benzene rings is 2. The van der Waals surface area contributed by atoms with E-state index in [1.54, 1.807) is 11.8 Å². The summed E-state index contributed by atoms with van der Waals surface area (Å²) in [6, 6.07) is 15.7. The van der Waals surface area contributed by atoms with Gasteiger partial charge in [-0.25, -0.2) is 0 Å². The molecule has 0 spiro atoms. The SMILES string of the molecule is CSc1ccc(CNC(=S)NC(=O)CCc2ccccc2Cl)cc1. The Hall–Kier alpha value is -1.56. The molecule has 0 aromatic heterocycles. The molecule has 2 rings (SSSR count). The maximum atomic E-state index is 11.9. The average molecular weight is 379 g/mol. The lowest BCUT2D eigenvalue weighted by atomic mass is 10.1. The van der Waals surface area contributed by atoms with Crippen molar-refractivity contribution in [1.29, 1.82) is 0 Å². The number of thiocarbonyl (C=S) groups is 1. The Kier molecular flexibility index (Phi) is 7.56. The van der Waals surface area contributed by atoms with Gasteiger partial charge in [0.1, 0.15) is 0 Å². The molecule has 1 amide bonds. The highest BCUT2D eigenvalue weighted by Gasteiger charge is 2.07. The van der Waals surface area contributed by atoms with Crippen molar-refractivity contribution < 1.29 is 4.79 Å². The summed E-state index contributed by atoms with van der Waals surface area (Å²) >= 11 is 12.9. The summed E-state index contributed by atoms with van der Waals surface area (Å²) in [6.45, 7) is 0.582. The highest BCUT2D eigenvalue weighted by molar-refractivity contribution is 7.98. The van der Waals surface area contributed by atoms with Crippen LogP contribution in [0.4, 0.5) is 0 Å². The molecule has 6 heteroatoms. The van der Waals surface area contributed by atoms with Crippen LogP contribution in [-0.4, -0.2) is 17.3 Å². The van der Waals surface area contributed by atoms with E-state index in [0.29, 0.717) is 29.5 Å². The quantitative estimate of drug-likeness (QED) is 0.584. The molecule has 126 valence electrons. The summed E-state index contributed by atoms with van der Waals surface area (Å²) in [7, 11) is 0. The minimum absolute atomic E-state index is 0.120. The molecule has 0 saturated carbocycles. The first kappa shape index (κ1) is 18.8. The van der Waals surface area contributed by atoms with E-state index in [0.717, 1.165) is 11.1 Å². The molecule has 0 bridgehead atoms. The molecular formula is C18H19ClN2OS2. The first-order valence-electron chi connectivity index (χ1n) is 7.52. The van der Waals surface area contributed by atoms with Gasteiger partial charge in [0.25, 0.3) is 0 Å². The van der Waals surface area contributed by atoms with Gasteiger partial charge >= 0.3 is 0 Å². The highest BCUT2D eigenvalue weighted by Crippen LogP contribution is 2.16. The zero-order valence-electron chi connectivity index (χ0n) is 13.3. The van der Waals surface area contributed by atoms with E-state index in [2.05, 4.69) is 22.8 Å². The van der Waals surface area contributed by atoms with Crippen LogP contribution in [0.3, 0.4) is 0 Å². The number of halogens is 1. The highest BCUT2D eigenvalue weighted by atomic mass is 35.5. The minimum Gasteiger partial charge on any atom is -0.358 e. The molecule has 0 radical (unpaired) electrons. The maximum absolute atomic E-state index is 11.9. The molecule has 0 fully saturated rings. The van der Waals surface area contributed by atoms with Crippen molar-refractivity contribution in [2.24, 2.45) is 0 Å². The fourth-order valence-electron chi connectivity index (χ4n) is 2.11. The Balaban J connectivity index is 1.73. The third kappa shape index (κ3) is 6.15. The molecule has 2 N–H and O–H groups in total. The van der Waals surface area contributed by atoms with Crippen molar-refractivity contribution in [1.82, 2.24) is 10.6 Å². The van der Waals surface area contributed by atoms with Gasteiger partial charge in [0.15, 0.2) is 5.11 Å². The van der Waals surface area contributed by atoms with Gasteiger partial charge in [0.05, 0.1) is 0 Å². The number of rotatable bonds is 6. The summed E-state index contributed by atoms with van der Waals surface area (Å²) in [4.78, 5) is 13.2. The van der Waals surface area contributed by atoms with Crippen molar-refractivity contribution in [2.45, 2.75) is 24.3 Å². The zero-order chi connectivity index (χ0) is 17.4. The third-order valence-electron chi connectivity index (χ3n) is 3.44. The van der Waals surface area contributed by atoms with Crippen LogP contribution in [0.1, 0.15) is 17.5 Å². The van der Waals surface area contributed by atoms with Crippen LogP contribution in [0.5, 0.6) is 0 Å². The lowest BCUT2D eigenvalue weighted by Crippen LogP contribution is -2.38. The van der Waals surface area contributed by atoms with Crippen molar-refractivity contribution in [3.05, 3.63) is 64.7 Å². The number of amides is 1. The van der Waals surface area contributed by atoms with Crippen molar-refractivity contribution in [3.63, 3.8) is 0 Å². The lowest BCUT2D eigenvalue weighted by Gasteiger charge is -2.10. The number of carbonyl (C=O) groups is 1. The lowest BCUT2D eigenvalue weighted by molar-refractivity contribution is -0.119. The Labute approximate surface area is 157 Å². The van der Waals surface area contributed by atoms with Gasteiger partial charge in [-0.3, -0.25) is 4.79 Å². The number of hydrogen-bond acceptors (Lipinski definition) is 3. The first-order valence-corrected chi connectivity index (χ1v) is 9.53. The van der Waals surface area contributed by atoms with E-state index in [9.17, 15) is 4.79 Å². The van der Waals surface area contributed by atoms with E-state index in [1.165, 1.54) is 4.90 Å². The number of carbonyl (C=O) groups excluding carboxylic acids is 1. The molecule has 3 nitrogen and oxygen atoms in total. The van der Waals surface area contributed by atoms with Crippen molar-refractivity contribution in [2.75, 3.05) is 6.26 Å². The molecule has 0 aliphatic carbocycles. The number of nitrogens with one attached hydrogen (secondary N) is 2. The molecule has 0 aliphatic rings. The summed E-state index contributed by atoms with van der Waals surface area (Å²) in [5.41, 5.74) is 2.07. The summed E-state index contributed by atoms with van der Waals surface area (Å²) < 4.78 is 0. The predicted molar refractivity (Wildman–Crippen MR) is 106 cm³/mol. The van der Waals surface area contributed by atoms with Crippen LogP contribution in [0, 0.1) is 0 Å². The van der Waals surface area contributed by atoms with Gasteiger partial charge in [-0.2, -0.15) is 0 Å². The molecule has 2 aromatic carbocycles. The molecular weight excluding hydrogens is 360 g/mol. The van der Waals surface area contributed by atoms with E-state index in [1.807, 2.05) is 42.7 Å². The second kappa shape index (κ2) is 9.67. The minimum atomic E-state index is -0.120. The molecule has 0 atom stereocenters. The number of aryl methyl sites for hydroxylation is 1. The van der Waals surface area contributed by atoms with E-state index < -0.39 is 0 Å². The molecule has 2 aromatic rings. The van der Waals surface area contributed by atoms with Crippen LogP contribution >= 0.6 is 35.6 Å². The second-order valence-corrected chi connectivity index (χ2v) is 6.87. The van der Waals surface area contributed by atoms with Crippen molar-refractivity contribution in [3.8, 4) is 0 Å². The standard InChI is InChI=1S/C18H19ClN2OS2/c1-24-15-9-6-13(7-10-15)12-20-18(23)21-17(22)11-8-14-4-2-3-5-16(14)19/h2-7,9-10H,8,11-12H2,1H3,(H2,20,21,22,23). The molecule has 0 heterocycles. The van der Waals surface area contributed by atoms with E-state index in [4.69, 9.17) is 23.8 Å². The zero-order valence-corrected chi connectivity index (χ0v) is 15.7. The van der Waals surface area contributed by atoms with E-state index >= 15 is 0 Å². The number of thioether (sulfide) groups is 1. The van der Waals surface area contributed by atoms with E-state index in [-0.39, 0.29) is 5.91 Å². The fraction of sp³-hybridized carbons (Fsp3) is 0.222. The summed E-state index contributed by atoms with van der Waals surface area (Å²) in [5, 5.41) is 6.76. The molecule has 24 heavy (non-hydrogen) atoms. The van der Waals surface area contributed by atoms with Gasteiger partial charge < -0.3 is 10.6 Å². The topological polar surface area (TPSA) is 41.1 Å². The van der Waals surface area contributed by atoms with Gasteiger partial charge in [-0.05, 0) is 54.2 Å². The largest absolute Gasteiger partial charge is 0.358 e. The molecule has 0 saturated heterocycles. The monoisotopic (exact) mass is 378 g/mol.